The van der Waals surface area contributed by atoms with Gasteiger partial charge in [-0.3, -0.25) is 29.0 Å². The molecule has 44 heavy (non-hydrogen) atoms. The van der Waals surface area contributed by atoms with Crippen LogP contribution in [0.1, 0.15) is 90.6 Å². The third kappa shape index (κ3) is 12.8. The van der Waals surface area contributed by atoms with E-state index in [0.717, 1.165) is 25.2 Å². The molecule has 2 aliphatic rings. The number of nitrogens with zero attached hydrogens (tertiary/aromatic N) is 2. The van der Waals surface area contributed by atoms with E-state index in [4.69, 9.17) is 4.74 Å². The highest BCUT2D eigenvalue weighted by atomic mass is 16.5. The molecular weight excluding hydrogens is 562 g/mol. The van der Waals surface area contributed by atoms with Gasteiger partial charge in [0.25, 0.3) is 5.91 Å². The van der Waals surface area contributed by atoms with E-state index in [2.05, 4.69) is 56.0 Å². The fourth-order valence-corrected chi connectivity index (χ4v) is 4.80. The van der Waals surface area contributed by atoms with Crippen molar-refractivity contribution in [2.45, 2.75) is 92.2 Å². The zero-order valence-corrected chi connectivity index (χ0v) is 27.8. The minimum atomic E-state index is -0.899. The van der Waals surface area contributed by atoms with E-state index in [1.54, 1.807) is 25.1 Å². The van der Waals surface area contributed by atoms with E-state index in [-0.39, 0.29) is 23.9 Å². The maximum atomic E-state index is 13.4. The Balaban J connectivity index is 0.00000149. The van der Waals surface area contributed by atoms with E-state index < -0.39 is 35.6 Å². The molecular formula is C33H55N5O6. The quantitative estimate of drug-likeness (QED) is 0.200. The average molecular weight is 618 g/mol. The maximum Gasteiger partial charge on any atom is 0.270 e. The Labute approximate surface area is 263 Å². The van der Waals surface area contributed by atoms with Crippen LogP contribution < -0.4 is 16.4 Å². The van der Waals surface area contributed by atoms with Crippen LogP contribution in [0.15, 0.2) is 24.4 Å². The van der Waals surface area contributed by atoms with Crippen molar-refractivity contribution in [3.05, 3.63) is 30.1 Å². The summed E-state index contributed by atoms with van der Waals surface area (Å²) in [7, 11) is 1.50. The molecule has 1 aliphatic carbocycles. The lowest BCUT2D eigenvalue weighted by Gasteiger charge is -2.42. The largest absolute Gasteiger partial charge is 0.381 e. The SMILES string of the molecule is CC(C)C.CCC(C(=O)NC(CC1CCC1)C(=O)C=O)N(CCC(C)(C)C1COC1)C(=O)CNC(=O)c1ccccn1.CN. The lowest BCUT2D eigenvalue weighted by Crippen LogP contribution is -2.56. The van der Waals surface area contributed by atoms with Crippen LogP contribution in [-0.2, 0) is 23.9 Å². The number of carbonyl (C=O) groups excluding carboxylic acids is 5. The van der Waals surface area contributed by atoms with Crippen molar-refractivity contribution in [1.29, 1.82) is 0 Å². The van der Waals surface area contributed by atoms with E-state index in [0.29, 0.717) is 50.9 Å². The van der Waals surface area contributed by atoms with Crippen LogP contribution >= 0.6 is 0 Å². The Hall–Kier alpha value is -3.18. The summed E-state index contributed by atoms with van der Waals surface area (Å²) in [5, 5.41) is 5.36. The summed E-state index contributed by atoms with van der Waals surface area (Å²) in [5.74, 6) is -0.536. The average Bonchev–Trinajstić information content (AvgIpc) is 2.94. The number of nitrogens with one attached hydrogen (secondary N) is 2. The molecule has 1 aromatic heterocycles. The van der Waals surface area contributed by atoms with E-state index >= 15 is 0 Å². The van der Waals surface area contributed by atoms with Gasteiger partial charge in [0.05, 0.1) is 25.8 Å². The minimum Gasteiger partial charge on any atom is -0.381 e. The fraction of sp³-hybridized carbons (Fsp3) is 0.697. The first kappa shape index (κ1) is 38.8. The molecule has 0 spiro atoms. The number of amides is 3. The van der Waals surface area contributed by atoms with Crippen LogP contribution in [0, 0.1) is 23.2 Å². The molecule has 0 bridgehead atoms. The number of Topliss-reactive ketones (excluding diaryl/α,β-unsaturated/α-hetero) is 1. The summed E-state index contributed by atoms with van der Waals surface area (Å²) in [6.45, 7) is 13.8. The highest BCUT2D eigenvalue weighted by Crippen LogP contribution is 2.36. The Kier molecular flexibility index (Phi) is 17.6. The molecule has 2 fully saturated rings. The Morgan fingerprint density at radius 2 is 1.77 bits per heavy atom. The molecule has 1 saturated carbocycles. The van der Waals surface area contributed by atoms with E-state index in [1.165, 1.54) is 18.1 Å². The van der Waals surface area contributed by atoms with Crippen LogP contribution in [0.3, 0.4) is 0 Å². The molecule has 2 unspecified atom stereocenters. The number of carbonyl (C=O) groups is 5. The number of hydrogen-bond acceptors (Lipinski definition) is 8. The first-order valence-electron chi connectivity index (χ1n) is 15.8. The van der Waals surface area contributed by atoms with Gasteiger partial charge in [0.1, 0.15) is 11.7 Å². The van der Waals surface area contributed by atoms with Gasteiger partial charge < -0.3 is 26.0 Å². The number of aromatic nitrogens is 1. The van der Waals surface area contributed by atoms with Crippen molar-refractivity contribution in [3.63, 3.8) is 0 Å². The van der Waals surface area contributed by atoms with Gasteiger partial charge in [-0.2, -0.15) is 0 Å². The van der Waals surface area contributed by atoms with Gasteiger partial charge in [-0.25, -0.2) is 0 Å². The first-order valence-corrected chi connectivity index (χ1v) is 15.8. The van der Waals surface area contributed by atoms with Crippen LogP contribution in [-0.4, -0.2) is 85.1 Å². The van der Waals surface area contributed by atoms with Gasteiger partial charge in [0, 0.05) is 18.7 Å². The minimum absolute atomic E-state index is 0.122. The third-order valence-corrected chi connectivity index (χ3v) is 7.99. The zero-order valence-electron chi connectivity index (χ0n) is 27.8. The highest BCUT2D eigenvalue weighted by Gasteiger charge is 2.38. The van der Waals surface area contributed by atoms with Gasteiger partial charge in [-0.1, -0.05) is 66.9 Å². The van der Waals surface area contributed by atoms with Gasteiger partial charge in [0.2, 0.25) is 17.6 Å². The smallest absolute Gasteiger partial charge is 0.270 e. The molecule has 2 heterocycles. The molecule has 3 amide bonds. The number of rotatable bonds is 15. The van der Waals surface area contributed by atoms with Gasteiger partial charge in [-0.15, -0.1) is 0 Å². The molecule has 0 aromatic carbocycles. The van der Waals surface area contributed by atoms with Crippen LogP contribution in [0.2, 0.25) is 0 Å². The summed E-state index contributed by atoms with van der Waals surface area (Å²) >= 11 is 0. The second-order valence-corrected chi connectivity index (χ2v) is 12.7. The highest BCUT2D eigenvalue weighted by molar-refractivity contribution is 6.28. The van der Waals surface area contributed by atoms with Crippen LogP contribution in [0.5, 0.6) is 0 Å². The molecule has 3 rings (SSSR count). The lowest BCUT2D eigenvalue weighted by atomic mass is 9.75. The summed E-state index contributed by atoms with van der Waals surface area (Å²) < 4.78 is 5.35. The monoisotopic (exact) mass is 617 g/mol. The molecule has 2 atom stereocenters. The third-order valence-electron chi connectivity index (χ3n) is 7.99. The Bertz CT molecular complexity index is 1040. The second kappa shape index (κ2) is 20.0. The van der Waals surface area contributed by atoms with Crippen molar-refractivity contribution in [3.8, 4) is 0 Å². The number of pyridine rings is 1. The van der Waals surface area contributed by atoms with E-state index in [9.17, 15) is 24.0 Å². The first-order chi connectivity index (χ1) is 20.9. The predicted molar refractivity (Wildman–Crippen MR) is 171 cm³/mol. The van der Waals surface area contributed by atoms with E-state index in [1.807, 2.05) is 0 Å². The van der Waals surface area contributed by atoms with Gasteiger partial charge >= 0.3 is 0 Å². The number of nitrogens with two attached hydrogens (primary N) is 1. The molecule has 4 N–H and O–H groups in total. The van der Waals surface area contributed by atoms with Crippen molar-refractivity contribution in [2.75, 3.05) is 33.4 Å². The van der Waals surface area contributed by atoms with Gasteiger partial charge in [-0.05, 0) is 55.7 Å². The molecule has 1 aromatic rings. The number of hydrogen-bond donors (Lipinski definition) is 3. The molecule has 0 radical (unpaired) electrons. The number of aldehydes is 1. The van der Waals surface area contributed by atoms with Crippen molar-refractivity contribution >= 4 is 29.8 Å². The molecule has 11 nitrogen and oxygen atoms in total. The second-order valence-electron chi connectivity index (χ2n) is 12.7. The molecule has 1 aliphatic heterocycles. The standard InChI is InChI=1S/C28H40N4O6.C4H10.CH5N/c1-4-23(27(37)31-22(24(34)16-33)14-19-8-7-9-19)32(13-11-28(2,3)20-17-38-18-20)25(35)15-30-26(36)21-10-5-6-12-29-21;1-4(2)3;1-2/h5-6,10,12,16,19-20,22-23H,4,7-9,11,13-15,17-18H2,1-3H3,(H,30,36)(H,31,37);4H,1-3H3;2H2,1H3. The lowest BCUT2D eigenvalue weighted by molar-refractivity contribution is -0.142. The fourth-order valence-electron chi connectivity index (χ4n) is 4.80. The van der Waals surface area contributed by atoms with Crippen molar-refractivity contribution in [1.82, 2.24) is 20.5 Å². The molecule has 11 heteroatoms. The normalized spacial score (nSPS) is 15.9. The number of ketones is 1. The Morgan fingerprint density at radius 3 is 2.23 bits per heavy atom. The van der Waals surface area contributed by atoms with Crippen LogP contribution in [0.25, 0.3) is 0 Å². The summed E-state index contributed by atoms with van der Waals surface area (Å²) in [4.78, 5) is 68.4. The van der Waals surface area contributed by atoms with Gasteiger partial charge in [0.15, 0.2) is 6.29 Å². The summed E-state index contributed by atoms with van der Waals surface area (Å²) in [5.41, 5.74) is 4.57. The zero-order chi connectivity index (χ0) is 33.3. The maximum absolute atomic E-state index is 13.4. The van der Waals surface area contributed by atoms with Crippen molar-refractivity contribution in [2.24, 2.45) is 28.9 Å². The molecule has 248 valence electrons. The molecule has 1 saturated heterocycles. The summed E-state index contributed by atoms with van der Waals surface area (Å²) in [6.07, 6.45) is 6.12. The van der Waals surface area contributed by atoms with Crippen LogP contribution in [0.4, 0.5) is 0 Å². The van der Waals surface area contributed by atoms with Crippen molar-refractivity contribution < 1.29 is 28.7 Å². The summed E-state index contributed by atoms with van der Waals surface area (Å²) in [6, 6.07) is 3.17. The number of ether oxygens (including phenoxy) is 1. The topological polar surface area (TPSA) is 161 Å². The predicted octanol–water partition coefficient (Wildman–Crippen LogP) is 3.16. The Morgan fingerprint density at radius 1 is 1.14 bits per heavy atom.